The maximum Gasteiger partial charge on any atom is 0.416 e. The van der Waals surface area contributed by atoms with E-state index >= 15 is 0 Å². The van der Waals surface area contributed by atoms with Crippen LogP contribution in [-0.2, 0) is 12.6 Å². The summed E-state index contributed by atoms with van der Waals surface area (Å²) < 4.78 is 37.2. The van der Waals surface area contributed by atoms with E-state index in [0.717, 1.165) is 18.4 Å². The van der Waals surface area contributed by atoms with E-state index in [1.54, 1.807) is 12.1 Å². The summed E-state index contributed by atoms with van der Waals surface area (Å²) >= 11 is 0. The molecule has 0 atom stereocenters. The minimum absolute atomic E-state index is 0.497. The quantitative estimate of drug-likeness (QED) is 0.472. The fraction of sp³-hybridized carbons (Fsp3) is 0.600. The van der Waals surface area contributed by atoms with Crippen molar-refractivity contribution in [3.05, 3.63) is 35.4 Å². The molecule has 0 N–H and O–H groups in total. The second-order valence-corrected chi connectivity index (χ2v) is 9.07. The monoisotopic (exact) mass is 288 g/mol. The Hall–Kier alpha value is -0.773. The molecular formula is C15H23F3Si. The first-order chi connectivity index (χ1) is 8.97. The molecule has 1 aromatic carbocycles. The van der Waals surface area contributed by atoms with Gasteiger partial charge in [-0.2, -0.15) is 13.2 Å². The van der Waals surface area contributed by atoms with Gasteiger partial charge in [0.15, 0.2) is 0 Å². The summed E-state index contributed by atoms with van der Waals surface area (Å²) in [4.78, 5) is 0. The second kappa shape index (κ2) is 7.73. The SMILES string of the molecule is CC[SiH](CC)CCCCc1ccc(C(F)(F)F)cc1. The number of hydrogen-bond donors (Lipinski definition) is 0. The van der Waals surface area contributed by atoms with E-state index in [9.17, 15) is 13.2 Å². The van der Waals surface area contributed by atoms with Gasteiger partial charge in [-0.25, -0.2) is 0 Å². The minimum atomic E-state index is -4.22. The lowest BCUT2D eigenvalue weighted by Crippen LogP contribution is -2.08. The van der Waals surface area contributed by atoms with Crippen LogP contribution in [-0.4, -0.2) is 8.80 Å². The largest absolute Gasteiger partial charge is 0.416 e. The van der Waals surface area contributed by atoms with Gasteiger partial charge in [-0.05, 0) is 30.5 Å². The van der Waals surface area contributed by atoms with E-state index in [0.29, 0.717) is 0 Å². The van der Waals surface area contributed by atoms with Crippen LogP contribution >= 0.6 is 0 Å². The summed E-state index contributed by atoms with van der Waals surface area (Å²) in [6.45, 7) is 4.55. The standard InChI is InChI=1S/C15H23F3Si/c1-3-19(4-2)12-6-5-7-13-8-10-14(11-9-13)15(16,17)18/h8-11,19H,3-7,12H2,1-2H3. The maximum absolute atomic E-state index is 12.4. The number of aryl methyl sites for hydroxylation is 1. The lowest BCUT2D eigenvalue weighted by atomic mass is 10.1. The molecule has 0 spiro atoms. The summed E-state index contributed by atoms with van der Waals surface area (Å²) in [5.74, 6) is 0. The van der Waals surface area contributed by atoms with Crippen LogP contribution in [0, 0.1) is 0 Å². The molecule has 0 unspecified atom stereocenters. The number of benzene rings is 1. The molecule has 0 heterocycles. The highest BCUT2D eigenvalue weighted by atomic mass is 28.3. The van der Waals surface area contributed by atoms with Gasteiger partial charge < -0.3 is 0 Å². The third-order valence-electron chi connectivity index (χ3n) is 3.76. The van der Waals surface area contributed by atoms with Gasteiger partial charge in [0.05, 0.1) is 5.56 Å². The average molecular weight is 288 g/mol. The van der Waals surface area contributed by atoms with Gasteiger partial charge in [0, 0.05) is 8.80 Å². The van der Waals surface area contributed by atoms with Crippen LogP contribution < -0.4 is 0 Å². The molecule has 0 fully saturated rings. The highest BCUT2D eigenvalue weighted by molar-refractivity contribution is 6.58. The van der Waals surface area contributed by atoms with E-state index in [4.69, 9.17) is 0 Å². The van der Waals surface area contributed by atoms with Gasteiger partial charge in [-0.15, -0.1) is 0 Å². The Bertz CT molecular complexity index is 353. The molecule has 1 rings (SSSR count). The summed E-state index contributed by atoms with van der Waals surface area (Å²) in [6, 6.07) is 9.67. The van der Waals surface area contributed by atoms with Gasteiger partial charge >= 0.3 is 6.18 Å². The Kier molecular flexibility index (Phi) is 6.62. The first-order valence-electron chi connectivity index (χ1n) is 7.13. The lowest BCUT2D eigenvalue weighted by Gasteiger charge is -2.10. The first-order valence-corrected chi connectivity index (χ1v) is 9.58. The van der Waals surface area contributed by atoms with E-state index in [-0.39, 0.29) is 0 Å². The Balaban J connectivity index is 2.34. The van der Waals surface area contributed by atoms with Crippen molar-refractivity contribution < 1.29 is 13.2 Å². The molecule has 1 aromatic rings. The molecule has 0 bridgehead atoms. The van der Waals surface area contributed by atoms with Crippen molar-refractivity contribution in [2.45, 2.75) is 57.4 Å². The summed E-state index contributed by atoms with van der Waals surface area (Å²) in [6.07, 6.45) is -1.01. The third kappa shape index (κ3) is 5.81. The summed E-state index contributed by atoms with van der Waals surface area (Å²) in [5.41, 5.74) is 0.458. The van der Waals surface area contributed by atoms with Crippen LogP contribution in [0.2, 0.25) is 18.1 Å². The number of halogens is 3. The van der Waals surface area contributed by atoms with Crippen LogP contribution in [0.1, 0.15) is 37.8 Å². The molecule has 0 radical (unpaired) electrons. The van der Waals surface area contributed by atoms with Crippen molar-refractivity contribution >= 4 is 8.80 Å². The van der Waals surface area contributed by atoms with Gasteiger partial charge in [0.2, 0.25) is 0 Å². The second-order valence-electron chi connectivity index (χ2n) is 5.12. The van der Waals surface area contributed by atoms with E-state index < -0.39 is 20.5 Å². The molecule has 0 amide bonds. The molecule has 108 valence electrons. The van der Waals surface area contributed by atoms with Crippen LogP contribution in [0.4, 0.5) is 13.2 Å². The van der Waals surface area contributed by atoms with Gasteiger partial charge in [0.1, 0.15) is 0 Å². The zero-order valence-corrected chi connectivity index (χ0v) is 12.9. The van der Waals surface area contributed by atoms with Crippen molar-refractivity contribution in [1.29, 1.82) is 0 Å². The predicted octanol–water partition coefficient (Wildman–Crippen LogP) is 5.30. The molecule has 0 saturated heterocycles. The smallest absolute Gasteiger partial charge is 0.166 e. The molecule has 19 heavy (non-hydrogen) atoms. The predicted molar refractivity (Wildman–Crippen MR) is 77.3 cm³/mol. The number of rotatable bonds is 7. The Labute approximate surface area is 115 Å². The van der Waals surface area contributed by atoms with E-state index in [1.165, 1.54) is 36.7 Å². The molecule has 0 aliphatic heterocycles. The molecule has 0 aromatic heterocycles. The van der Waals surface area contributed by atoms with Crippen LogP contribution in [0.5, 0.6) is 0 Å². The molecule has 0 saturated carbocycles. The van der Waals surface area contributed by atoms with Gasteiger partial charge in [-0.1, -0.05) is 50.5 Å². The van der Waals surface area contributed by atoms with Crippen LogP contribution in [0.25, 0.3) is 0 Å². The van der Waals surface area contributed by atoms with E-state index in [2.05, 4.69) is 13.8 Å². The highest BCUT2D eigenvalue weighted by Gasteiger charge is 2.29. The number of hydrogen-bond acceptors (Lipinski definition) is 0. The lowest BCUT2D eigenvalue weighted by molar-refractivity contribution is -0.137. The fourth-order valence-corrected chi connectivity index (χ4v) is 4.58. The molecule has 4 heteroatoms. The molecular weight excluding hydrogens is 265 g/mol. The average Bonchev–Trinajstić information content (AvgIpc) is 2.38. The summed E-state index contributed by atoms with van der Waals surface area (Å²) in [7, 11) is -0.497. The van der Waals surface area contributed by atoms with Crippen molar-refractivity contribution in [3.8, 4) is 0 Å². The van der Waals surface area contributed by atoms with Crippen molar-refractivity contribution in [2.75, 3.05) is 0 Å². The Morgan fingerprint density at radius 2 is 1.53 bits per heavy atom. The Morgan fingerprint density at radius 1 is 0.947 bits per heavy atom. The first kappa shape index (κ1) is 16.3. The van der Waals surface area contributed by atoms with Crippen molar-refractivity contribution in [2.24, 2.45) is 0 Å². The Morgan fingerprint density at radius 3 is 2.00 bits per heavy atom. The fourth-order valence-electron chi connectivity index (χ4n) is 2.32. The van der Waals surface area contributed by atoms with Crippen molar-refractivity contribution in [1.82, 2.24) is 0 Å². The topological polar surface area (TPSA) is 0 Å². The zero-order valence-electron chi connectivity index (χ0n) is 11.8. The molecule has 0 nitrogen and oxygen atoms in total. The zero-order chi connectivity index (χ0) is 14.3. The highest BCUT2D eigenvalue weighted by Crippen LogP contribution is 2.29. The summed E-state index contributed by atoms with van der Waals surface area (Å²) in [5, 5.41) is 0. The van der Waals surface area contributed by atoms with Crippen LogP contribution in [0.3, 0.4) is 0 Å². The maximum atomic E-state index is 12.4. The molecule has 0 aliphatic rings. The van der Waals surface area contributed by atoms with E-state index in [1.807, 2.05) is 0 Å². The normalized spacial score (nSPS) is 12.1. The van der Waals surface area contributed by atoms with Crippen molar-refractivity contribution in [3.63, 3.8) is 0 Å². The minimum Gasteiger partial charge on any atom is -0.166 e. The third-order valence-corrected chi connectivity index (χ3v) is 7.30. The van der Waals surface area contributed by atoms with Gasteiger partial charge in [-0.3, -0.25) is 0 Å². The number of unbranched alkanes of at least 4 members (excludes halogenated alkanes) is 1. The molecule has 0 aliphatic carbocycles. The van der Waals surface area contributed by atoms with Crippen LogP contribution in [0.15, 0.2) is 24.3 Å². The number of alkyl halides is 3. The van der Waals surface area contributed by atoms with Gasteiger partial charge in [0.25, 0.3) is 0 Å².